The van der Waals surface area contributed by atoms with Crippen molar-refractivity contribution in [3.63, 3.8) is 0 Å². The van der Waals surface area contributed by atoms with Crippen LogP contribution in [0.4, 0.5) is 8.78 Å². The summed E-state index contributed by atoms with van der Waals surface area (Å²) in [5, 5.41) is 38.8. The van der Waals surface area contributed by atoms with Crippen molar-refractivity contribution in [3.8, 4) is 17.3 Å². The highest BCUT2D eigenvalue weighted by atomic mass is 35.5. The lowest BCUT2D eigenvalue weighted by Gasteiger charge is -2.51. The van der Waals surface area contributed by atoms with Gasteiger partial charge in [-0.2, -0.15) is 5.26 Å². The number of aliphatic hydroxyl groups excluding tert-OH is 2. The maximum Gasteiger partial charge on any atom is 0.150 e. The molecule has 2 N–H and O–H groups in total. The van der Waals surface area contributed by atoms with Gasteiger partial charge in [0.1, 0.15) is 63.4 Å². The Morgan fingerprint density at radius 3 is 2.63 bits per heavy atom. The summed E-state index contributed by atoms with van der Waals surface area (Å²) in [6.45, 7) is 1.15. The largest absolute Gasteiger partial charge is 0.394 e. The molecule has 13 heteroatoms. The van der Waals surface area contributed by atoms with Gasteiger partial charge in [-0.25, -0.2) is 18.4 Å². The summed E-state index contributed by atoms with van der Waals surface area (Å²) < 4.78 is 40.8. The highest BCUT2D eigenvalue weighted by Gasteiger charge is 2.60. The smallest absolute Gasteiger partial charge is 0.150 e. The van der Waals surface area contributed by atoms with Crippen LogP contribution in [0.1, 0.15) is 16.8 Å². The number of hydrogen-bond donors (Lipinski definition) is 3. The van der Waals surface area contributed by atoms with Crippen LogP contribution in [0.5, 0.6) is 0 Å². The predicted molar refractivity (Wildman–Crippen MR) is 123 cm³/mol. The molecule has 0 spiro atoms. The monoisotopic (exact) mass is 523 g/mol. The molecular formula is C22H20ClF2N5O4S. The zero-order valence-corrected chi connectivity index (χ0v) is 20.1. The van der Waals surface area contributed by atoms with Crippen molar-refractivity contribution in [2.24, 2.45) is 0 Å². The average molecular weight is 524 g/mol. The molecule has 2 aromatic heterocycles. The van der Waals surface area contributed by atoms with E-state index in [1.807, 2.05) is 6.07 Å². The molecule has 1 aromatic carbocycles. The molecule has 1 saturated heterocycles. The van der Waals surface area contributed by atoms with Crippen molar-refractivity contribution in [3.05, 3.63) is 64.1 Å². The number of pyridine rings is 1. The Labute approximate surface area is 209 Å². The summed E-state index contributed by atoms with van der Waals surface area (Å²) in [5.74, 6) is -1.98. The average Bonchev–Trinajstić information content (AvgIpc) is 3.33. The van der Waals surface area contributed by atoms with Crippen LogP contribution in [-0.4, -0.2) is 67.7 Å². The summed E-state index contributed by atoms with van der Waals surface area (Å²) in [4.78, 5) is 4.19. The van der Waals surface area contributed by atoms with E-state index >= 15 is 0 Å². The number of benzene rings is 1. The third-order valence-corrected chi connectivity index (χ3v) is 6.71. The number of nitrogens with zero attached hydrogens (tertiary/aromatic N) is 5. The molecule has 184 valence electrons. The summed E-state index contributed by atoms with van der Waals surface area (Å²) in [6.07, 6.45) is -0.954. The van der Waals surface area contributed by atoms with Gasteiger partial charge in [0.05, 0.1) is 12.8 Å². The number of nitriles is 1. The molecule has 4 rings (SSSR count). The predicted octanol–water partition coefficient (Wildman–Crippen LogP) is 2.22. The van der Waals surface area contributed by atoms with Crippen molar-refractivity contribution in [2.45, 2.75) is 36.2 Å². The molecule has 0 radical (unpaired) electrons. The molecule has 3 heterocycles. The van der Waals surface area contributed by atoms with E-state index in [1.54, 1.807) is 13.0 Å². The number of thiol groups is 1. The Morgan fingerprint density at radius 1 is 1.34 bits per heavy atom. The highest BCUT2D eigenvalue weighted by Crippen LogP contribution is 2.45. The van der Waals surface area contributed by atoms with E-state index < -0.39 is 52.6 Å². The Kier molecular flexibility index (Phi) is 7.10. The van der Waals surface area contributed by atoms with Gasteiger partial charge < -0.3 is 19.7 Å². The molecule has 3 aromatic rings. The van der Waals surface area contributed by atoms with E-state index in [0.29, 0.717) is 5.56 Å². The van der Waals surface area contributed by atoms with Crippen LogP contribution in [0.15, 0.2) is 30.6 Å². The van der Waals surface area contributed by atoms with Gasteiger partial charge in [-0.05, 0) is 30.7 Å². The number of aromatic nitrogens is 4. The quantitative estimate of drug-likeness (QED) is 0.343. The van der Waals surface area contributed by atoms with Crippen molar-refractivity contribution < 1.29 is 28.5 Å². The van der Waals surface area contributed by atoms with Gasteiger partial charge in [0, 0.05) is 24.4 Å². The minimum absolute atomic E-state index is 0.0327. The Balaban J connectivity index is 2.02. The molecule has 0 bridgehead atoms. The third kappa shape index (κ3) is 4.08. The van der Waals surface area contributed by atoms with Gasteiger partial charge in [0.15, 0.2) is 0 Å². The number of hydrogen-bond acceptors (Lipinski definition) is 9. The molecule has 0 amide bonds. The van der Waals surface area contributed by atoms with Crippen molar-refractivity contribution >= 4 is 24.2 Å². The standard InChI is InChI=1S/C22H20ClF2N5O4S/c1-10-3-12(15(6-26)27-7-10)22(19(32)17(9-31)34-21(35)20(22)33-2)30-8-16(28-29-30)11-4-13(24)18(23)14(25)5-11/h3-5,7-8,17,19-21,31-32,35H,9H2,1-2H3/t17-,19+,20+,21-,22+/m0/s1. The number of aliphatic hydroxyl groups is 2. The first-order chi connectivity index (χ1) is 16.7. The first-order valence-corrected chi connectivity index (χ1v) is 11.2. The first-order valence-electron chi connectivity index (χ1n) is 10.3. The number of ether oxygens (including phenoxy) is 2. The van der Waals surface area contributed by atoms with E-state index in [4.69, 9.17) is 21.1 Å². The van der Waals surface area contributed by atoms with Crippen LogP contribution < -0.4 is 0 Å². The van der Waals surface area contributed by atoms with Gasteiger partial charge in [-0.1, -0.05) is 16.8 Å². The fraction of sp³-hybridized carbons (Fsp3) is 0.364. The van der Waals surface area contributed by atoms with Gasteiger partial charge in [0.25, 0.3) is 0 Å². The SMILES string of the molecule is CO[C@@H]1[C@H](S)O[C@@H](CO)[C@@H](O)[C@@]1(c1cc(C)cnc1C#N)n1cc(-c2cc(F)c(Cl)c(F)c2)nn1. The van der Waals surface area contributed by atoms with E-state index in [1.165, 1.54) is 24.2 Å². The zero-order chi connectivity index (χ0) is 25.5. The minimum atomic E-state index is -1.73. The van der Waals surface area contributed by atoms with E-state index in [2.05, 4.69) is 27.9 Å². The van der Waals surface area contributed by atoms with Gasteiger partial charge in [0.2, 0.25) is 0 Å². The van der Waals surface area contributed by atoms with Gasteiger partial charge in [-0.3, -0.25) is 0 Å². The second-order valence-corrected chi connectivity index (χ2v) is 8.88. The Hall–Kier alpha value is -2.66. The third-order valence-electron chi connectivity index (χ3n) is 5.96. The number of rotatable bonds is 5. The van der Waals surface area contributed by atoms with Crippen LogP contribution in [-0.2, 0) is 15.0 Å². The zero-order valence-electron chi connectivity index (χ0n) is 18.4. The van der Waals surface area contributed by atoms with Crippen molar-refractivity contribution in [1.82, 2.24) is 20.0 Å². The molecule has 1 aliphatic rings. The Bertz CT molecular complexity index is 1280. The minimum Gasteiger partial charge on any atom is -0.394 e. The summed E-state index contributed by atoms with van der Waals surface area (Å²) >= 11 is 10.1. The fourth-order valence-electron chi connectivity index (χ4n) is 4.38. The van der Waals surface area contributed by atoms with Crippen molar-refractivity contribution in [1.29, 1.82) is 5.26 Å². The second kappa shape index (κ2) is 9.77. The molecule has 0 aliphatic carbocycles. The fourth-order valence-corrected chi connectivity index (χ4v) is 4.99. The Morgan fingerprint density at radius 2 is 2.03 bits per heavy atom. The number of halogens is 3. The van der Waals surface area contributed by atoms with Crippen LogP contribution in [0.3, 0.4) is 0 Å². The van der Waals surface area contributed by atoms with Gasteiger partial charge in [-0.15, -0.1) is 17.7 Å². The maximum absolute atomic E-state index is 14.1. The molecule has 0 unspecified atom stereocenters. The second-order valence-electron chi connectivity index (χ2n) is 8.00. The molecule has 1 aliphatic heterocycles. The van der Waals surface area contributed by atoms with Gasteiger partial charge >= 0.3 is 0 Å². The lowest BCUT2D eigenvalue weighted by atomic mass is 9.74. The highest BCUT2D eigenvalue weighted by molar-refractivity contribution is 7.80. The van der Waals surface area contributed by atoms with Crippen molar-refractivity contribution in [2.75, 3.05) is 13.7 Å². The molecule has 9 nitrogen and oxygen atoms in total. The molecule has 1 fully saturated rings. The molecule has 35 heavy (non-hydrogen) atoms. The molecule has 0 saturated carbocycles. The summed E-state index contributed by atoms with van der Waals surface area (Å²) in [6, 6.07) is 5.62. The lowest BCUT2D eigenvalue weighted by Crippen LogP contribution is -2.68. The van der Waals surface area contributed by atoms with Crippen LogP contribution >= 0.6 is 24.2 Å². The number of aryl methyl sites for hydroxylation is 1. The first kappa shape index (κ1) is 25.4. The summed E-state index contributed by atoms with van der Waals surface area (Å²) in [7, 11) is 1.36. The number of methoxy groups -OCH3 is 1. The summed E-state index contributed by atoms with van der Waals surface area (Å²) in [5.41, 5.74) is -1.82. The topological polar surface area (TPSA) is 126 Å². The van der Waals surface area contributed by atoms with Crippen LogP contribution in [0, 0.1) is 29.9 Å². The van der Waals surface area contributed by atoms with E-state index in [0.717, 1.165) is 12.1 Å². The maximum atomic E-state index is 14.1. The molecular weight excluding hydrogens is 504 g/mol. The van der Waals surface area contributed by atoms with Crippen LogP contribution in [0.25, 0.3) is 11.3 Å². The lowest BCUT2D eigenvalue weighted by molar-refractivity contribution is -0.213. The normalized spacial score (nSPS) is 26.5. The van der Waals surface area contributed by atoms with E-state index in [9.17, 15) is 24.3 Å². The van der Waals surface area contributed by atoms with E-state index in [-0.39, 0.29) is 22.5 Å². The van der Waals surface area contributed by atoms with Crippen LogP contribution in [0.2, 0.25) is 5.02 Å². The molecule has 5 atom stereocenters.